The maximum Gasteiger partial charge on any atom is 0.321 e. The number of hydrogen-bond acceptors (Lipinski definition) is 5. The minimum atomic E-state index is -0.638. The van der Waals surface area contributed by atoms with Gasteiger partial charge in [-0.1, -0.05) is 31.0 Å². The maximum atomic E-state index is 13.5. The van der Waals surface area contributed by atoms with E-state index in [1.54, 1.807) is 22.9 Å². The predicted octanol–water partition coefficient (Wildman–Crippen LogP) is 3.86. The van der Waals surface area contributed by atoms with Gasteiger partial charge in [-0.3, -0.25) is 5.32 Å². The van der Waals surface area contributed by atoms with Gasteiger partial charge >= 0.3 is 6.03 Å². The van der Waals surface area contributed by atoms with E-state index >= 15 is 0 Å². The van der Waals surface area contributed by atoms with E-state index in [9.17, 15) is 9.18 Å². The van der Waals surface area contributed by atoms with Crippen molar-refractivity contribution in [3.05, 3.63) is 53.6 Å². The smallest absolute Gasteiger partial charge is 0.321 e. The van der Waals surface area contributed by atoms with E-state index in [0.29, 0.717) is 29.6 Å². The molecule has 0 saturated heterocycles. The van der Waals surface area contributed by atoms with Crippen LogP contribution in [0.4, 0.5) is 15.0 Å². The molecule has 152 valence electrons. The Kier molecular flexibility index (Phi) is 5.04. The second-order valence-corrected chi connectivity index (χ2v) is 7.30. The summed E-state index contributed by atoms with van der Waals surface area (Å²) >= 11 is 0. The standard InChI is InChI=1S/C20H23FN6O2/c1-3-17-23-18(26-29-17)20(9-4-5-10-20)24-19(28)22-16-11-13(2)27(25-16)15-8-6-7-14(21)12-15/h6-8,11-12H,3-5,9-10H2,1-2H3,(H2,22,24,25,28). The fourth-order valence-corrected chi connectivity index (χ4v) is 3.75. The Labute approximate surface area is 167 Å². The van der Waals surface area contributed by atoms with Gasteiger partial charge in [0.15, 0.2) is 11.6 Å². The van der Waals surface area contributed by atoms with Gasteiger partial charge in [-0.25, -0.2) is 13.9 Å². The van der Waals surface area contributed by atoms with Crippen molar-refractivity contribution in [1.82, 2.24) is 25.2 Å². The fraction of sp³-hybridized carbons (Fsp3) is 0.400. The third kappa shape index (κ3) is 3.85. The number of nitrogens with one attached hydrogen (secondary N) is 2. The molecule has 1 aromatic carbocycles. The molecule has 0 unspecified atom stereocenters. The van der Waals surface area contributed by atoms with Gasteiger partial charge in [0.1, 0.15) is 11.4 Å². The highest BCUT2D eigenvalue weighted by Gasteiger charge is 2.41. The first-order valence-corrected chi connectivity index (χ1v) is 9.74. The first-order valence-electron chi connectivity index (χ1n) is 9.74. The van der Waals surface area contributed by atoms with Crippen LogP contribution in [0.25, 0.3) is 5.69 Å². The molecule has 2 N–H and O–H groups in total. The van der Waals surface area contributed by atoms with E-state index < -0.39 is 11.6 Å². The number of aryl methyl sites for hydroxylation is 2. The molecule has 4 rings (SSSR count). The van der Waals surface area contributed by atoms with E-state index in [2.05, 4.69) is 25.9 Å². The van der Waals surface area contributed by atoms with Crippen LogP contribution in [-0.4, -0.2) is 26.0 Å². The third-order valence-corrected chi connectivity index (χ3v) is 5.19. The summed E-state index contributed by atoms with van der Waals surface area (Å²) in [4.78, 5) is 17.2. The zero-order valence-corrected chi connectivity index (χ0v) is 16.4. The second kappa shape index (κ2) is 7.65. The van der Waals surface area contributed by atoms with Crippen molar-refractivity contribution < 1.29 is 13.7 Å². The van der Waals surface area contributed by atoms with Crippen molar-refractivity contribution in [3.63, 3.8) is 0 Å². The second-order valence-electron chi connectivity index (χ2n) is 7.30. The highest BCUT2D eigenvalue weighted by atomic mass is 19.1. The number of carbonyl (C=O) groups is 1. The zero-order valence-electron chi connectivity index (χ0n) is 16.4. The summed E-state index contributed by atoms with van der Waals surface area (Å²) in [6.07, 6.45) is 4.10. The number of carbonyl (C=O) groups excluding carboxylic acids is 1. The quantitative estimate of drug-likeness (QED) is 0.680. The van der Waals surface area contributed by atoms with Crippen molar-refractivity contribution in [2.45, 2.75) is 51.5 Å². The van der Waals surface area contributed by atoms with Gasteiger partial charge in [-0.15, -0.1) is 5.10 Å². The van der Waals surface area contributed by atoms with Crippen LogP contribution in [0.2, 0.25) is 0 Å². The summed E-state index contributed by atoms with van der Waals surface area (Å²) in [6, 6.07) is 7.47. The molecule has 0 atom stereocenters. The SMILES string of the molecule is CCc1nc(C2(NC(=O)Nc3cc(C)n(-c4cccc(F)c4)n3)CCCC2)no1. The number of rotatable bonds is 5. The molecule has 0 bridgehead atoms. The lowest BCUT2D eigenvalue weighted by atomic mass is 9.97. The summed E-state index contributed by atoms with van der Waals surface area (Å²) in [5.41, 5.74) is 0.718. The Balaban J connectivity index is 1.51. The molecule has 0 aliphatic heterocycles. The van der Waals surface area contributed by atoms with Crippen molar-refractivity contribution in [2.24, 2.45) is 0 Å². The van der Waals surface area contributed by atoms with Gasteiger partial charge in [0.25, 0.3) is 0 Å². The largest absolute Gasteiger partial charge is 0.339 e. The van der Waals surface area contributed by atoms with Gasteiger partial charge in [0.05, 0.1) is 5.69 Å². The Morgan fingerprint density at radius 2 is 2.10 bits per heavy atom. The molecular formula is C20H23FN6O2. The third-order valence-electron chi connectivity index (χ3n) is 5.19. The molecule has 2 amide bonds. The predicted molar refractivity (Wildman–Crippen MR) is 104 cm³/mol. The van der Waals surface area contributed by atoms with E-state index in [-0.39, 0.29) is 5.82 Å². The summed E-state index contributed by atoms with van der Waals surface area (Å²) in [5, 5.41) is 14.3. The number of anilines is 1. The number of hydrogen-bond donors (Lipinski definition) is 2. The minimum absolute atomic E-state index is 0.348. The van der Waals surface area contributed by atoms with Gasteiger partial charge < -0.3 is 9.84 Å². The number of halogens is 1. The number of nitrogens with zero attached hydrogens (tertiary/aromatic N) is 4. The monoisotopic (exact) mass is 398 g/mol. The molecule has 0 radical (unpaired) electrons. The lowest BCUT2D eigenvalue weighted by Crippen LogP contribution is -2.46. The Morgan fingerprint density at radius 1 is 1.31 bits per heavy atom. The topological polar surface area (TPSA) is 97.9 Å². The first-order chi connectivity index (χ1) is 14.0. The van der Waals surface area contributed by atoms with Crippen molar-refractivity contribution in [3.8, 4) is 5.69 Å². The van der Waals surface area contributed by atoms with E-state index in [4.69, 9.17) is 4.52 Å². The van der Waals surface area contributed by atoms with Crippen molar-refractivity contribution in [2.75, 3.05) is 5.32 Å². The molecule has 29 heavy (non-hydrogen) atoms. The van der Waals surface area contributed by atoms with Crippen LogP contribution in [0.5, 0.6) is 0 Å². The molecule has 2 heterocycles. The summed E-state index contributed by atoms with van der Waals surface area (Å²) in [6.45, 7) is 3.78. The van der Waals surface area contributed by atoms with Gasteiger partial charge in [0.2, 0.25) is 5.89 Å². The highest BCUT2D eigenvalue weighted by molar-refractivity contribution is 5.89. The first kappa shape index (κ1) is 19.1. The van der Waals surface area contributed by atoms with Crippen molar-refractivity contribution in [1.29, 1.82) is 0 Å². The molecule has 0 spiro atoms. The van der Waals surface area contributed by atoms with Gasteiger partial charge in [-0.05, 0) is 38.0 Å². The molecule has 2 aromatic heterocycles. The lowest BCUT2D eigenvalue weighted by molar-refractivity contribution is 0.232. The van der Waals surface area contributed by atoms with Crippen LogP contribution in [0, 0.1) is 12.7 Å². The summed E-state index contributed by atoms with van der Waals surface area (Å²) in [5.74, 6) is 1.10. The summed E-state index contributed by atoms with van der Waals surface area (Å²) < 4.78 is 20.3. The number of urea groups is 1. The minimum Gasteiger partial charge on any atom is -0.339 e. The van der Waals surface area contributed by atoms with Crippen LogP contribution in [0.15, 0.2) is 34.9 Å². The van der Waals surface area contributed by atoms with E-state index in [1.165, 1.54) is 12.1 Å². The molecular weight excluding hydrogens is 375 g/mol. The van der Waals surface area contributed by atoms with Gasteiger partial charge in [0, 0.05) is 18.2 Å². The molecule has 3 aromatic rings. The normalized spacial score (nSPS) is 15.4. The van der Waals surface area contributed by atoms with Gasteiger partial charge in [-0.2, -0.15) is 4.98 Å². The lowest BCUT2D eigenvalue weighted by Gasteiger charge is -2.26. The number of aromatic nitrogens is 4. The molecule has 9 heteroatoms. The van der Waals surface area contributed by atoms with Crippen LogP contribution in [0.3, 0.4) is 0 Å². The van der Waals surface area contributed by atoms with Crippen LogP contribution >= 0.6 is 0 Å². The molecule has 8 nitrogen and oxygen atoms in total. The summed E-state index contributed by atoms with van der Waals surface area (Å²) in [7, 11) is 0. The highest BCUT2D eigenvalue weighted by Crippen LogP contribution is 2.37. The average molecular weight is 398 g/mol. The van der Waals surface area contributed by atoms with Crippen LogP contribution in [-0.2, 0) is 12.0 Å². The molecule has 1 aliphatic carbocycles. The Bertz CT molecular complexity index is 1020. The fourth-order valence-electron chi connectivity index (χ4n) is 3.75. The number of benzene rings is 1. The molecule has 1 fully saturated rings. The molecule has 1 saturated carbocycles. The van der Waals surface area contributed by atoms with Crippen molar-refractivity contribution >= 4 is 11.8 Å². The Hall–Kier alpha value is -3.23. The van der Waals surface area contributed by atoms with Crippen LogP contribution in [0.1, 0.15) is 50.0 Å². The number of amides is 2. The van der Waals surface area contributed by atoms with E-state index in [1.807, 2.05) is 13.8 Å². The van der Waals surface area contributed by atoms with E-state index in [0.717, 1.165) is 31.4 Å². The molecule has 1 aliphatic rings. The maximum absolute atomic E-state index is 13.5. The Morgan fingerprint density at radius 3 is 2.79 bits per heavy atom. The average Bonchev–Trinajstić information content (AvgIpc) is 3.42. The zero-order chi connectivity index (χ0) is 20.4. The van der Waals surface area contributed by atoms with Crippen LogP contribution < -0.4 is 10.6 Å².